The van der Waals surface area contributed by atoms with Crippen molar-refractivity contribution in [3.05, 3.63) is 105 Å². The van der Waals surface area contributed by atoms with Crippen LogP contribution in [0, 0.1) is 23.7 Å². The van der Waals surface area contributed by atoms with E-state index in [0.717, 1.165) is 0 Å². The van der Waals surface area contributed by atoms with E-state index in [-0.39, 0.29) is 24.4 Å². The average molecular weight is 473 g/mol. The second-order valence-corrected chi connectivity index (χ2v) is 12.7. The van der Waals surface area contributed by atoms with Crippen molar-refractivity contribution in [3.8, 4) is 0 Å². The monoisotopic (exact) mass is 472 g/mol. The van der Waals surface area contributed by atoms with Crippen LogP contribution in [0.25, 0.3) is 0 Å². The summed E-state index contributed by atoms with van der Waals surface area (Å²) in [6.45, 7) is 0. The summed E-state index contributed by atoms with van der Waals surface area (Å²) in [5.41, 5.74) is 12.1. The van der Waals surface area contributed by atoms with Crippen molar-refractivity contribution < 1.29 is 9.47 Å². The van der Waals surface area contributed by atoms with Gasteiger partial charge in [-0.05, 0) is 70.7 Å². The van der Waals surface area contributed by atoms with Crippen molar-refractivity contribution in [1.29, 1.82) is 0 Å². The minimum absolute atomic E-state index is 0.226. The third-order valence-corrected chi connectivity index (χ3v) is 11.9. The van der Waals surface area contributed by atoms with Crippen LogP contribution in [0.1, 0.15) is 93.1 Å². The maximum Gasteiger partial charge on any atom is 0.0888 e. The molecule has 178 valence electrons. The van der Waals surface area contributed by atoms with Gasteiger partial charge in [-0.15, -0.1) is 0 Å². The summed E-state index contributed by atoms with van der Waals surface area (Å²) >= 11 is 0. The number of hydrogen-bond donors (Lipinski definition) is 0. The first-order valence-electron chi connectivity index (χ1n) is 13.8. The van der Waals surface area contributed by atoms with Crippen molar-refractivity contribution in [1.82, 2.24) is 9.80 Å². The zero-order valence-electron chi connectivity index (χ0n) is 20.4. The van der Waals surface area contributed by atoms with Crippen molar-refractivity contribution in [2.24, 2.45) is 23.7 Å². The number of fused-ring (bicyclic) bond motifs is 30. The summed E-state index contributed by atoms with van der Waals surface area (Å²) in [7, 11) is 4.69. The van der Waals surface area contributed by atoms with Crippen molar-refractivity contribution >= 4 is 0 Å². The Bertz CT molecular complexity index is 1330. The van der Waals surface area contributed by atoms with Crippen LogP contribution in [0.4, 0.5) is 0 Å². The molecule has 0 saturated carbocycles. The first kappa shape index (κ1) is 18.7. The third-order valence-electron chi connectivity index (χ3n) is 11.9. The molecule has 0 amide bonds. The molecule has 4 nitrogen and oxygen atoms in total. The van der Waals surface area contributed by atoms with Gasteiger partial charge in [-0.25, -0.2) is 0 Å². The lowest BCUT2D eigenvalue weighted by Gasteiger charge is -2.35. The Hall–Kier alpha value is -2.50. The maximum atomic E-state index is 6.88. The van der Waals surface area contributed by atoms with Crippen molar-refractivity contribution in [2.75, 3.05) is 14.1 Å². The van der Waals surface area contributed by atoms with Crippen LogP contribution in [0.3, 0.4) is 0 Å². The minimum atomic E-state index is 0.226. The highest BCUT2D eigenvalue weighted by Gasteiger charge is 2.69. The fraction of sp³-hybridized carbons (Fsp3) is 0.438. The van der Waals surface area contributed by atoms with Gasteiger partial charge < -0.3 is 9.47 Å². The zero-order chi connectivity index (χ0) is 23.2. The first-order valence-corrected chi connectivity index (χ1v) is 13.8. The van der Waals surface area contributed by atoms with Crippen LogP contribution in [-0.2, 0) is 9.47 Å². The molecule has 4 saturated heterocycles. The summed E-state index contributed by atoms with van der Waals surface area (Å²) in [6, 6.07) is 25.3. The second-order valence-electron chi connectivity index (χ2n) is 12.7. The van der Waals surface area contributed by atoms with E-state index in [1.165, 1.54) is 22.3 Å². The molecule has 8 heterocycles. The predicted molar refractivity (Wildman–Crippen MR) is 133 cm³/mol. The van der Waals surface area contributed by atoms with Gasteiger partial charge in [0.25, 0.3) is 0 Å². The number of benzene rings is 3. The summed E-state index contributed by atoms with van der Waals surface area (Å²) in [4.78, 5) is 5.31. The van der Waals surface area contributed by atoms with Gasteiger partial charge in [0.15, 0.2) is 0 Å². The topological polar surface area (TPSA) is 24.9 Å². The first-order chi connectivity index (χ1) is 17.7. The molecule has 0 N–H and O–H groups in total. The summed E-state index contributed by atoms with van der Waals surface area (Å²) < 4.78 is 13.8. The fourth-order valence-electron chi connectivity index (χ4n) is 11.0. The highest BCUT2D eigenvalue weighted by molar-refractivity contribution is 5.56. The number of hydrogen-bond acceptors (Lipinski definition) is 4. The van der Waals surface area contributed by atoms with Crippen molar-refractivity contribution in [3.63, 3.8) is 0 Å². The smallest absolute Gasteiger partial charge is 0.0888 e. The molecule has 3 aromatic rings. The van der Waals surface area contributed by atoms with Gasteiger partial charge in [0.2, 0.25) is 0 Å². The normalized spacial score (nSPS) is 46.7. The molecule has 12 atom stereocenters. The number of ether oxygens (including phenoxy) is 2. The SMILES string of the molecule is CN1[C@@H]2c3ccccc3[C@H]1[C@@H]1[C@@H]2[C@H]2O[C@H]1c1cc3c(cc12)[C@H]1O[C@H]3[C@H]2[C@@H]1[C@@H]1c3ccccc3[C@@H]2N1C. The van der Waals surface area contributed by atoms with Crippen molar-refractivity contribution in [2.45, 2.75) is 48.6 Å². The van der Waals surface area contributed by atoms with Gasteiger partial charge in [0.1, 0.15) is 0 Å². The van der Waals surface area contributed by atoms with E-state index in [1.54, 1.807) is 22.3 Å². The van der Waals surface area contributed by atoms with Gasteiger partial charge in [0.05, 0.1) is 24.4 Å². The van der Waals surface area contributed by atoms with Crippen LogP contribution in [0.5, 0.6) is 0 Å². The van der Waals surface area contributed by atoms with Crippen LogP contribution in [0.15, 0.2) is 60.7 Å². The van der Waals surface area contributed by atoms with Crippen LogP contribution in [0.2, 0.25) is 0 Å². The van der Waals surface area contributed by atoms with E-state index in [0.29, 0.717) is 47.8 Å². The Kier molecular flexibility index (Phi) is 2.94. The minimum Gasteiger partial charge on any atom is -0.365 e. The van der Waals surface area contributed by atoms with E-state index >= 15 is 0 Å². The van der Waals surface area contributed by atoms with Gasteiger partial charge in [-0.1, -0.05) is 48.5 Å². The Balaban J connectivity index is 1.05. The molecule has 0 unspecified atom stereocenters. The molecule has 8 bridgehead atoms. The lowest BCUT2D eigenvalue weighted by atomic mass is 9.64. The average Bonchev–Trinajstić information content (AvgIpc) is 3.75. The van der Waals surface area contributed by atoms with Gasteiger partial charge >= 0.3 is 0 Å². The van der Waals surface area contributed by atoms with Gasteiger partial charge in [-0.2, -0.15) is 0 Å². The second kappa shape index (κ2) is 5.66. The van der Waals surface area contributed by atoms with Gasteiger partial charge in [0, 0.05) is 47.8 Å². The Morgan fingerprint density at radius 2 is 0.722 bits per heavy atom. The Morgan fingerprint density at radius 3 is 1.00 bits per heavy atom. The van der Waals surface area contributed by atoms with E-state index in [4.69, 9.17) is 9.47 Å². The lowest BCUT2D eigenvalue weighted by molar-refractivity contribution is 0.0217. The van der Waals surface area contributed by atoms with E-state index in [1.807, 2.05) is 0 Å². The third kappa shape index (κ3) is 1.69. The Morgan fingerprint density at radius 1 is 0.444 bits per heavy atom. The largest absolute Gasteiger partial charge is 0.365 e. The van der Waals surface area contributed by atoms with Gasteiger partial charge in [-0.3, -0.25) is 9.80 Å². The summed E-state index contributed by atoms with van der Waals surface area (Å²) in [6.07, 6.45) is 0.905. The molecular weight excluding hydrogens is 444 g/mol. The number of nitrogens with zero attached hydrogens (tertiary/aromatic N) is 2. The molecule has 36 heavy (non-hydrogen) atoms. The quantitative estimate of drug-likeness (QED) is 0.408. The molecule has 3 aromatic carbocycles. The zero-order valence-corrected chi connectivity index (χ0v) is 20.4. The molecule has 8 aliphatic rings. The summed E-state index contributed by atoms with van der Waals surface area (Å²) in [5, 5.41) is 0. The lowest BCUT2D eigenvalue weighted by Crippen LogP contribution is -2.29. The molecule has 8 aliphatic heterocycles. The highest BCUT2D eigenvalue weighted by Crippen LogP contribution is 2.76. The standard InChI is InChI=1S/C32H28N2O2/c1-33-25-13-7-3-4-8-14(13)26(33)22-21(25)29-17-11-19-20(12-18(17)30(22)35-29)32-24-23(31(19)36-32)27-15-9-5-6-10-16(15)28(24)34(27)2/h3-12,21-32H,1-2H3/t21-,22-,23-,24+,25-,26+,27-,28-,29-,30-,31+,32+/m0/s1. The predicted octanol–water partition coefficient (Wildman–Crippen LogP) is 5.89. The highest BCUT2D eigenvalue weighted by atomic mass is 16.5. The van der Waals surface area contributed by atoms with E-state index < -0.39 is 0 Å². The van der Waals surface area contributed by atoms with Crippen LogP contribution < -0.4 is 0 Å². The number of rotatable bonds is 0. The maximum absolute atomic E-state index is 6.88. The van der Waals surface area contributed by atoms with Crippen LogP contribution >= 0.6 is 0 Å². The molecule has 0 spiro atoms. The van der Waals surface area contributed by atoms with Crippen LogP contribution in [-0.4, -0.2) is 23.9 Å². The fourth-order valence-corrected chi connectivity index (χ4v) is 11.0. The molecule has 0 aliphatic carbocycles. The molecule has 11 rings (SSSR count). The molecule has 0 aromatic heterocycles. The molecular formula is C32H28N2O2. The van der Waals surface area contributed by atoms with E-state index in [9.17, 15) is 0 Å². The molecule has 0 radical (unpaired) electrons. The Labute approximate surface area is 210 Å². The van der Waals surface area contributed by atoms with E-state index in [2.05, 4.69) is 84.6 Å². The molecule has 4 fully saturated rings. The summed E-state index contributed by atoms with van der Waals surface area (Å²) in [5.74, 6) is 2.27. The molecule has 4 heteroatoms.